The normalized spacial score (nSPS) is 11.3. The molecule has 0 bridgehead atoms. The highest BCUT2D eigenvalue weighted by Gasteiger charge is 2.31. The molecule has 8 heteroatoms. The van der Waals surface area contributed by atoms with Crippen molar-refractivity contribution in [2.75, 3.05) is 7.11 Å². The van der Waals surface area contributed by atoms with Gasteiger partial charge in [-0.3, -0.25) is 4.79 Å². The quantitative estimate of drug-likeness (QED) is 0.815. The third-order valence-electron chi connectivity index (χ3n) is 2.74. The summed E-state index contributed by atoms with van der Waals surface area (Å²) in [7, 11) is 2.91. The number of imidazole rings is 1. The van der Waals surface area contributed by atoms with Crippen LogP contribution in [0.4, 0.5) is 13.2 Å². The fourth-order valence-electron chi connectivity index (χ4n) is 1.86. The Kier molecular flexibility index (Phi) is 3.88. The summed E-state index contributed by atoms with van der Waals surface area (Å²) in [6.45, 7) is 0. The molecular formula is C13H11F3N2O3. The Hall–Kier alpha value is -2.51. The molecule has 5 nitrogen and oxygen atoms in total. The number of rotatable bonds is 4. The molecule has 1 aromatic carbocycles. The van der Waals surface area contributed by atoms with E-state index >= 15 is 0 Å². The average molecular weight is 300 g/mol. The van der Waals surface area contributed by atoms with Crippen LogP contribution in [0, 0.1) is 0 Å². The van der Waals surface area contributed by atoms with Crippen LogP contribution in [0.3, 0.4) is 0 Å². The number of ether oxygens (including phenoxy) is 2. The van der Waals surface area contributed by atoms with Gasteiger partial charge in [-0.2, -0.15) is 4.98 Å². The Morgan fingerprint density at radius 2 is 2.05 bits per heavy atom. The molecule has 0 radical (unpaired) electrons. The van der Waals surface area contributed by atoms with E-state index in [0.29, 0.717) is 17.7 Å². The smallest absolute Gasteiger partial charge is 0.479 e. The van der Waals surface area contributed by atoms with Crippen LogP contribution in [0.1, 0.15) is 10.5 Å². The van der Waals surface area contributed by atoms with Crippen molar-refractivity contribution in [3.8, 4) is 23.0 Å². The second-order valence-corrected chi connectivity index (χ2v) is 4.08. The largest absolute Gasteiger partial charge is 0.573 e. The number of methoxy groups -OCH3 is 1. The maximum absolute atomic E-state index is 12.2. The molecule has 2 rings (SSSR count). The van der Waals surface area contributed by atoms with Crippen molar-refractivity contribution in [1.82, 2.24) is 9.55 Å². The minimum Gasteiger partial charge on any atom is -0.479 e. The fraction of sp³-hybridized carbons (Fsp3) is 0.231. The highest BCUT2D eigenvalue weighted by atomic mass is 19.4. The van der Waals surface area contributed by atoms with E-state index in [1.165, 1.54) is 29.9 Å². The molecule has 0 saturated carbocycles. The van der Waals surface area contributed by atoms with Crippen molar-refractivity contribution in [3.05, 3.63) is 30.0 Å². The number of benzene rings is 1. The van der Waals surface area contributed by atoms with E-state index in [0.717, 1.165) is 0 Å². The lowest BCUT2D eigenvalue weighted by molar-refractivity contribution is -0.274. The van der Waals surface area contributed by atoms with Crippen LogP contribution in [0.25, 0.3) is 11.4 Å². The van der Waals surface area contributed by atoms with E-state index in [9.17, 15) is 18.0 Å². The molecule has 1 heterocycles. The summed E-state index contributed by atoms with van der Waals surface area (Å²) < 4.78 is 46.9. The monoisotopic (exact) mass is 300 g/mol. The molecule has 0 spiro atoms. The summed E-state index contributed by atoms with van der Waals surface area (Å²) in [5.74, 6) is 0.0286. The van der Waals surface area contributed by atoms with Crippen LogP contribution in [0.5, 0.6) is 11.6 Å². The van der Waals surface area contributed by atoms with Gasteiger partial charge < -0.3 is 14.0 Å². The number of alkyl halides is 3. The van der Waals surface area contributed by atoms with Gasteiger partial charge in [-0.1, -0.05) is 12.1 Å². The van der Waals surface area contributed by atoms with Gasteiger partial charge in [0.15, 0.2) is 6.29 Å². The number of nitrogens with zero attached hydrogens (tertiary/aromatic N) is 2. The molecule has 0 atom stereocenters. The minimum atomic E-state index is -4.77. The van der Waals surface area contributed by atoms with Crippen molar-refractivity contribution >= 4 is 6.29 Å². The maximum Gasteiger partial charge on any atom is 0.573 e. The summed E-state index contributed by atoms with van der Waals surface area (Å²) >= 11 is 0. The van der Waals surface area contributed by atoms with Crippen molar-refractivity contribution < 1.29 is 27.4 Å². The number of aromatic nitrogens is 2. The molecule has 2 aromatic rings. The van der Waals surface area contributed by atoms with Gasteiger partial charge in [-0.05, 0) is 12.1 Å². The summed E-state index contributed by atoms with van der Waals surface area (Å²) in [6.07, 6.45) is -4.21. The van der Waals surface area contributed by atoms with Gasteiger partial charge in [0.25, 0.3) is 0 Å². The first-order chi connectivity index (χ1) is 9.85. The number of carbonyl (C=O) groups is 1. The van der Waals surface area contributed by atoms with E-state index < -0.39 is 6.36 Å². The van der Waals surface area contributed by atoms with Crippen molar-refractivity contribution in [2.45, 2.75) is 6.36 Å². The van der Waals surface area contributed by atoms with E-state index in [2.05, 4.69) is 9.72 Å². The van der Waals surface area contributed by atoms with E-state index in [1.807, 2.05) is 0 Å². The molecule has 112 valence electrons. The predicted molar refractivity (Wildman–Crippen MR) is 67.3 cm³/mol. The van der Waals surface area contributed by atoms with Crippen LogP contribution in [0.15, 0.2) is 24.3 Å². The van der Waals surface area contributed by atoms with Crippen LogP contribution < -0.4 is 9.47 Å². The standard InChI is InChI=1S/C13H11F3N2O3/c1-18-10(7-19)12(20-2)17-11(18)8-4-3-5-9(6-8)21-13(14,15)16/h3-7H,1-2H3. The van der Waals surface area contributed by atoms with Crippen LogP contribution in [0.2, 0.25) is 0 Å². The lowest BCUT2D eigenvalue weighted by Gasteiger charge is -2.10. The molecule has 0 aliphatic heterocycles. The zero-order chi connectivity index (χ0) is 15.6. The van der Waals surface area contributed by atoms with Crippen molar-refractivity contribution in [3.63, 3.8) is 0 Å². The molecular weight excluding hydrogens is 289 g/mol. The Morgan fingerprint density at radius 1 is 1.33 bits per heavy atom. The van der Waals surface area contributed by atoms with Crippen molar-refractivity contribution in [2.24, 2.45) is 7.05 Å². The summed E-state index contributed by atoms with van der Waals surface area (Å²) in [4.78, 5) is 15.1. The highest BCUT2D eigenvalue weighted by Crippen LogP contribution is 2.29. The SMILES string of the molecule is COc1nc(-c2cccc(OC(F)(F)F)c2)n(C)c1C=O. The molecule has 0 unspecified atom stereocenters. The summed E-state index contributed by atoms with van der Waals surface area (Å²) in [6, 6.07) is 5.32. The van der Waals surface area contributed by atoms with Gasteiger partial charge in [0.2, 0.25) is 5.88 Å². The topological polar surface area (TPSA) is 53.4 Å². The predicted octanol–water partition coefficient (Wildman–Crippen LogP) is 2.81. The van der Waals surface area contributed by atoms with E-state index in [1.54, 1.807) is 13.1 Å². The molecule has 0 fully saturated rings. The van der Waals surface area contributed by atoms with Gasteiger partial charge in [0.1, 0.15) is 17.3 Å². The zero-order valence-electron chi connectivity index (χ0n) is 11.1. The molecule has 1 aromatic heterocycles. The first kappa shape index (κ1) is 14.9. The fourth-order valence-corrected chi connectivity index (χ4v) is 1.86. The molecule has 0 aliphatic rings. The van der Waals surface area contributed by atoms with Crippen molar-refractivity contribution in [1.29, 1.82) is 0 Å². The maximum atomic E-state index is 12.2. The van der Waals surface area contributed by atoms with Crippen LogP contribution in [-0.4, -0.2) is 29.3 Å². The third-order valence-corrected chi connectivity index (χ3v) is 2.74. The molecule has 21 heavy (non-hydrogen) atoms. The van der Waals surface area contributed by atoms with Gasteiger partial charge in [0, 0.05) is 12.6 Å². The van der Waals surface area contributed by atoms with E-state index in [-0.39, 0.29) is 17.3 Å². The first-order valence-corrected chi connectivity index (χ1v) is 5.77. The minimum absolute atomic E-state index is 0.102. The number of carbonyl (C=O) groups excluding carboxylic acids is 1. The van der Waals surface area contributed by atoms with Crippen LogP contribution >= 0.6 is 0 Å². The second-order valence-electron chi connectivity index (χ2n) is 4.08. The third kappa shape index (κ3) is 3.15. The Bertz CT molecular complexity index is 665. The number of hydrogen-bond acceptors (Lipinski definition) is 4. The molecule has 0 aliphatic carbocycles. The Balaban J connectivity index is 2.45. The summed E-state index contributed by atoms with van der Waals surface area (Å²) in [5.41, 5.74) is 0.556. The zero-order valence-corrected chi connectivity index (χ0v) is 11.1. The van der Waals surface area contributed by atoms with Gasteiger partial charge in [-0.25, -0.2) is 0 Å². The molecule has 0 amide bonds. The highest BCUT2D eigenvalue weighted by molar-refractivity contribution is 5.78. The first-order valence-electron chi connectivity index (χ1n) is 5.77. The number of hydrogen-bond donors (Lipinski definition) is 0. The van der Waals surface area contributed by atoms with Crippen LogP contribution in [-0.2, 0) is 7.05 Å². The molecule has 0 saturated heterocycles. The Labute approximate surface area is 117 Å². The average Bonchev–Trinajstić information content (AvgIpc) is 2.73. The number of aldehydes is 1. The van der Waals surface area contributed by atoms with E-state index in [4.69, 9.17) is 4.74 Å². The summed E-state index contributed by atoms with van der Waals surface area (Å²) in [5, 5.41) is 0. The Morgan fingerprint density at radius 3 is 2.57 bits per heavy atom. The second kappa shape index (κ2) is 5.47. The number of halogens is 3. The van der Waals surface area contributed by atoms with Gasteiger partial charge in [-0.15, -0.1) is 13.2 Å². The lowest BCUT2D eigenvalue weighted by Crippen LogP contribution is -2.17. The van der Waals surface area contributed by atoms with Gasteiger partial charge in [0.05, 0.1) is 7.11 Å². The lowest BCUT2D eigenvalue weighted by atomic mass is 10.2. The molecule has 0 N–H and O–H groups in total. The van der Waals surface area contributed by atoms with Gasteiger partial charge >= 0.3 is 6.36 Å².